The highest BCUT2D eigenvalue weighted by molar-refractivity contribution is 7.92. The number of hydrogen-bond acceptors (Lipinski definition) is 7. The van der Waals surface area contributed by atoms with Crippen LogP contribution in [0.15, 0.2) is 53.4 Å². The number of benzene rings is 2. The van der Waals surface area contributed by atoms with Crippen molar-refractivity contribution in [3.63, 3.8) is 0 Å². The maximum Gasteiger partial charge on any atom is 0.341 e. The molecule has 1 aromatic heterocycles. The van der Waals surface area contributed by atoms with Crippen molar-refractivity contribution < 1.29 is 22.7 Å². The molecular formula is C23H23N3O5S3. The molecule has 0 saturated carbocycles. The largest absolute Gasteiger partial charge is 0.495 e. The maximum atomic E-state index is 12.8. The average molecular weight is 518 g/mol. The van der Waals surface area contributed by atoms with E-state index in [1.165, 1.54) is 42.6 Å². The number of hydrogen-bond donors (Lipinski definition) is 3. The number of carbonyl (C=O) groups is 1. The Morgan fingerprint density at radius 2 is 1.76 bits per heavy atom. The first kappa shape index (κ1) is 24.0. The van der Waals surface area contributed by atoms with Crippen LogP contribution in [0.1, 0.15) is 27.2 Å². The molecule has 0 aliphatic heterocycles. The Labute approximate surface area is 207 Å². The topological polar surface area (TPSA) is 106 Å². The molecule has 2 aromatic carbocycles. The van der Waals surface area contributed by atoms with Gasteiger partial charge in [-0.3, -0.25) is 4.72 Å². The van der Waals surface area contributed by atoms with Gasteiger partial charge in [-0.25, -0.2) is 13.2 Å². The fraction of sp³-hybridized carbons (Fsp3) is 0.217. The van der Waals surface area contributed by atoms with Crippen LogP contribution in [0, 0.1) is 0 Å². The average Bonchev–Trinajstić information content (AvgIpc) is 3.40. The number of carbonyl (C=O) groups excluding carboxylic acids is 1. The molecule has 0 atom stereocenters. The number of anilines is 3. The van der Waals surface area contributed by atoms with Crippen LogP contribution in [0.2, 0.25) is 0 Å². The number of nitrogens with one attached hydrogen (secondary N) is 3. The number of aryl methyl sites for hydroxylation is 1. The van der Waals surface area contributed by atoms with Crippen LogP contribution in [0.3, 0.4) is 0 Å². The van der Waals surface area contributed by atoms with Gasteiger partial charge in [0.25, 0.3) is 10.0 Å². The summed E-state index contributed by atoms with van der Waals surface area (Å²) in [5.74, 6) is 0.0356. The molecule has 1 aliphatic carbocycles. The molecule has 0 spiro atoms. The lowest BCUT2D eigenvalue weighted by atomic mass is 10.1. The van der Waals surface area contributed by atoms with E-state index in [9.17, 15) is 13.2 Å². The first-order chi connectivity index (χ1) is 16.3. The number of rotatable bonds is 7. The molecule has 0 unspecified atom stereocenters. The van der Waals surface area contributed by atoms with E-state index in [-0.39, 0.29) is 16.0 Å². The number of ether oxygens (including phenoxy) is 2. The highest BCUT2D eigenvalue weighted by Gasteiger charge is 2.27. The number of sulfonamides is 1. The summed E-state index contributed by atoms with van der Waals surface area (Å²) < 4.78 is 38.2. The monoisotopic (exact) mass is 517 g/mol. The van der Waals surface area contributed by atoms with Crippen molar-refractivity contribution in [2.45, 2.75) is 24.2 Å². The summed E-state index contributed by atoms with van der Waals surface area (Å²) in [6.07, 6.45) is 2.80. The molecule has 11 heteroatoms. The van der Waals surface area contributed by atoms with Gasteiger partial charge in [-0.05, 0) is 73.4 Å². The minimum Gasteiger partial charge on any atom is -0.495 e. The third-order valence-electron chi connectivity index (χ3n) is 5.31. The minimum atomic E-state index is -3.81. The number of esters is 1. The summed E-state index contributed by atoms with van der Waals surface area (Å²) in [6, 6.07) is 12.9. The smallest absolute Gasteiger partial charge is 0.341 e. The Bertz CT molecular complexity index is 1330. The molecule has 1 heterocycles. The van der Waals surface area contributed by atoms with E-state index in [1.807, 2.05) is 0 Å². The summed E-state index contributed by atoms with van der Waals surface area (Å²) in [4.78, 5) is 13.6. The zero-order valence-electron chi connectivity index (χ0n) is 18.5. The molecule has 0 amide bonds. The van der Waals surface area contributed by atoms with Gasteiger partial charge in [0.1, 0.15) is 10.8 Å². The first-order valence-corrected chi connectivity index (χ1v) is 13.1. The molecule has 0 radical (unpaired) electrons. The van der Waals surface area contributed by atoms with Crippen LogP contribution in [-0.4, -0.2) is 33.7 Å². The zero-order valence-corrected chi connectivity index (χ0v) is 21.0. The summed E-state index contributed by atoms with van der Waals surface area (Å²) in [6.45, 7) is 0. The van der Waals surface area contributed by atoms with E-state index in [1.54, 1.807) is 36.4 Å². The lowest BCUT2D eigenvalue weighted by molar-refractivity contribution is 0.0601. The van der Waals surface area contributed by atoms with Crippen molar-refractivity contribution in [3.8, 4) is 5.75 Å². The second-order valence-corrected chi connectivity index (χ2v) is 10.7. The molecule has 178 valence electrons. The molecule has 4 rings (SSSR count). The zero-order chi connectivity index (χ0) is 24.3. The molecule has 0 saturated heterocycles. The Kier molecular flexibility index (Phi) is 7.05. The van der Waals surface area contributed by atoms with Gasteiger partial charge in [0.05, 0.1) is 30.4 Å². The number of thiophene rings is 1. The summed E-state index contributed by atoms with van der Waals surface area (Å²) in [7, 11) is -0.976. The number of para-hydroxylation sites is 2. The second kappa shape index (κ2) is 10.00. The standard InChI is InChI=1S/C23H23N3O5S3/c1-30-18-8-4-3-7-17(18)26-34(28,29)15-12-10-14(11-13-15)24-23(32)25-21-20(22(27)31-2)16-6-5-9-19(16)33-21/h3-4,7-8,10-13,26H,5-6,9H2,1-2H3,(H2,24,25,32). The number of fused-ring (bicyclic) bond motifs is 1. The van der Waals surface area contributed by atoms with Gasteiger partial charge in [0.15, 0.2) is 5.11 Å². The van der Waals surface area contributed by atoms with Crippen LogP contribution < -0.4 is 20.1 Å². The fourth-order valence-electron chi connectivity index (χ4n) is 3.73. The third kappa shape index (κ3) is 5.01. The van der Waals surface area contributed by atoms with Gasteiger partial charge in [0, 0.05) is 10.6 Å². The fourth-order valence-corrected chi connectivity index (χ4v) is 6.36. The lowest BCUT2D eigenvalue weighted by Gasteiger charge is -2.13. The molecule has 0 bridgehead atoms. The molecule has 1 aliphatic rings. The SMILES string of the molecule is COC(=O)c1c(NC(=S)Nc2ccc(S(=O)(=O)Nc3ccccc3OC)cc2)sc2c1CCC2. The normalized spacial score (nSPS) is 12.5. The molecule has 3 N–H and O–H groups in total. The minimum absolute atomic E-state index is 0.0884. The maximum absolute atomic E-state index is 12.8. The predicted molar refractivity (Wildman–Crippen MR) is 138 cm³/mol. The number of methoxy groups -OCH3 is 2. The van der Waals surface area contributed by atoms with E-state index in [0.29, 0.717) is 27.7 Å². The highest BCUT2D eigenvalue weighted by Crippen LogP contribution is 2.39. The predicted octanol–water partition coefficient (Wildman–Crippen LogP) is 4.64. The Morgan fingerprint density at radius 3 is 2.47 bits per heavy atom. The van der Waals surface area contributed by atoms with Gasteiger partial charge in [0.2, 0.25) is 0 Å². The van der Waals surface area contributed by atoms with Crippen molar-refractivity contribution in [3.05, 3.63) is 64.5 Å². The van der Waals surface area contributed by atoms with Gasteiger partial charge >= 0.3 is 5.97 Å². The summed E-state index contributed by atoms with van der Waals surface area (Å²) in [5.41, 5.74) is 2.51. The van der Waals surface area contributed by atoms with Crippen molar-refractivity contribution in [1.29, 1.82) is 0 Å². The van der Waals surface area contributed by atoms with Crippen LogP contribution >= 0.6 is 23.6 Å². The molecule has 0 fully saturated rings. The van der Waals surface area contributed by atoms with Crippen molar-refractivity contribution in [2.75, 3.05) is 29.6 Å². The van der Waals surface area contributed by atoms with E-state index < -0.39 is 10.0 Å². The van der Waals surface area contributed by atoms with Crippen LogP contribution in [0.25, 0.3) is 0 Å². The van der Waals surface area contributed by atoms with E-state index in [2.05, 4.69) is 15.4 Å². The Morgan fingerprint density at radius 1 is 1.03 bits per heavy atom. The molecule has 8 nitrogen and oxygen atoms in total. The quantitative estimate of drug-likeness (QED) is 0.307. The van der Waals surface area contributed by atoms with Gasteiger partial charge < -0.3 is 20.1 Å². The third-order valence-corrected chi connectivity index (χ3v) is 8.10. The van der Waals surface area contributed by atoms with Crippen molar-refractivity contribution >= 4 is 61.0 Å². The van der Waals surface area contributed by atoms with Crippen LogP contribution in [0.4, 0.5) is 16.4 Å². The van der Waals surface area contributed by atoms with E-state index >= 15 is 0 Å². The molecule has 34 heavy (non-hydrogen) atoms. The molecule has 3 aromatic rings. The highest BCUT2D eigenvalue weighted by atomic mass is 32.2. The Balaban J connectivity index is 1.45. The van der Waals surface area contributed by atoms with E-state index in [0.717, 1.165) is 24.8 Å². The van der Waals surface area contributed by atoms with Crippen LogP contribution in [0.5, 0.6) is 5.75 Å². The van der Waals surface area contributed by atoms with Crippen molar-refractivity contribution in [1.82, 2.24) is 0 Å². The Hall–Kier alpha value is -3.15. The van der Waals surface area contributed by atoms with E-state index in [4.69, 9.17) is 21.7 Å². The summed E-state index contributed by atoms with van der Waals surface area (Å²) in [5, 5.41) is 7.05. The summed E-state index contributed by atoms with van der Waals surface area (Å²) >= 11 is 6.92. The molecular weight excluding hydrogens is 494 g/mol. The van der Waals surface area contributed by atoms with Crippen LogP contribution in [-0.2, 0) is 27.6 Å². The second-order valence-electron chi connectivity index (χ2n) is 7.46. The van der Waals surface area contributed by atoms with Crippen molar-refractivity contribution in [2.24, 2.45) is 0 Å². The number of thiocarbonyl (C=S) groups is 1. The lowest BCUT2D eigenvalue weighted by Crippen LogP contribution is -2.20. The van der Waals surface area contributed by atoms with Gasteiger partial charge in [-0.15, -0.1) is 11.3 Å². The van der Waals surface area contributed by atoms with Gasteiger partial charge in [-0.1, -0.05) is 12.1 Å². The first-order valence-electron chi connectivity index (χ1n) is 10.4. The van der Waals surface area contributed by atoms with Gasteiger partial charge in [-0.2, -0.15) is 0 Å².